The van der Waals surface area contributed by atoms with Crippen LogP contribution in [0.1, 0.15) is 51.1 Å². The molecular formula is C16H25ClN2. The molecule has 106 valence electrons. The Labute approximate surface area is 121 Å². The van der Waals surface area contributed by atoms with Crippen LogP contribution in [0.25, 0.3) is 0 Å². The van der Waals surface area contributed by atoms with Crippen molar-refractivity contribution in [1.29, 1.82) is 0 Å². The lowest BCUT2D eigenvalue weighted by atomic mass is 9.98. The van der Waals surface area contributed by atoms with Gasteiger partial charge in [-0.1, -0.05) is 37.1 Å². The number of rotatable bonds is 7. The van der Waals surface area contributed by atoms with Gasteiger partial charge in [-0.05, 0) is 50.4 Å². The molecule has 0 bridgehead atoms. The Morgan fingerprint density at radius 1 is 1.42 bits per heavy atom. The van der Waals surface area contributed by atoms with Gasteiger partial charge in [0.05, 0.1) is 0 Å². The van der Waals surface area contributed by atoms with Gasteiger partial charge in [0.25, 0.3) is 0 Å². The third-order valence-corrected chi connectivity index (χ3v) is 4.07. The maximum absolute atomic E-state index is 6.27. The number of nitrogens with zero attached hydrogens (tertiary/aromatic N) is 1. The van der Waals surface area contributed by atoms with E-state index in [9.17, 15) is 0 Å². The SMILES string of the molecule is CCCCN(C1CC1)C(c1cccc(Cl)c1)C(C)N. The van der Waals surface area contributed by atoms with Crippen molar-refractivity contribution in [2.75, 3.05) is 6.54 Å². The van der Waals surface area contributed by atoms with Crippen LogP contribution in [-0.2, 0) is 0 Å². The second kappa shape index (κ2) is 6.74. The van der Waals surface area contributed by atoms with E-state index in [0.717, 1.165) is 17.6 Å². The highest BCUT2D eigenvalue weighted by molar-refractivity contribution is 6.30. The number of hydrogen-bond acceptors (Lipinski definition) is 2. The lowest BCUT2D eigenvalue weighted by Crippen LogP contribution is -2.41. The van der Waals surface area contributed by atoms with Gasteiger partial charge in [0.15, 0.2) is 0 Å². The van der Waals surface area contributed by atoms with Gasteiger partial charge in [-0.15, -0.1) is 0 Å². The molecule has 2 rings (SSSR count). The summed E-state index contributed by atoms with van der Waals surface area (Å²) in [6.45, 7) is 5.48. The average molecular weight is 281 g/mol. The highest BCUT2D eigenvalue weighted by Gasteiger charge is 2.35. The van der Waals surface area contributed by atoms with E-state index in [0.29, 0.717) is 0 Å². The molecule has 0 amide bonds. The zero-order valence-corrected chi connectivity index (χ0v) is 12.7. The number of benzene rings is 1. The molecule has 0 aromatic heterocycles. The highest BCUT2D eigenvalue weighted by Crippen LogP contribution is 2.36. The first-order valence-electron chi connectivity index (χ1n) is 7.40. The summed E-state index contributed by atoms with van der Waals surface area (Å²) in [5, 5.41) is 0.800. The fraction of sp³-hybridized carbons (Fsp3) is 0.625. The van der Waals surface area contributed by atoms with Gasteiger partial charge < -0.3 is 5.73 Å². The first kappa shape index (κ1) is 14.8. The quantitative estimate of drug-likeness (QED) is 0.818. The second-order valence-corrected chi connectivity index (χ2v) is 6.12. The van der Waals surface area contributed by atoms with Crippen molar-refractivity contribution >= 4 is 11.6 Å². The molecule has 1 aromatic carbocycles. The molecule has 1 aromatic rings. The fourth-order valence-corrected chi connectivity index (χ4v) is 2.98. The monoisotopic (exact) mass is 280 g/mol. The molecule has 0 saturated heterocycles. The van der Waals surface area contributed by atoms with E-state index in [4.69, 9.17) is 17.3 Å². The predicted octanol–water partition coefficient (Wildman–Crippen LogP) is 3.99. The summed E-state index contributed by atoms with van der Waals surface area (Å²) >= 11 is 6.14. The number of hydrogen-bond donors (Lipinski definition) is 1. The van der Waals surface area contributed by atoms with E-state index < -0.39 is 0 Å². The van der Waals surface area contributed by atoms with Crippen LogP contribution in [0.5, 0.6) is 0 Å². The van der Waals surface area contributed by atoms with Crippen LogP contribution in [-0.4, -0.2) is 23.5 Å². The summed E-state index contributed by atoms with van der Waals surface area (Å²) in [5.41, 5.74) is 7.53. The zero-order valence-electron chi connectivity index (χ0n) is 12.0. The lowest BCUT2D eigenvalue weighted by Gasteiger charge is -2.35. The third kappa shape index (κ3) is 3.95. The van der Waals surface area contributed by atoms with Gasteiger partial charge in [0.1, 0.15) is 0 Å². The largest absolute Gasteiger partial charge is 0.326 e. The van der Waals surface area contributed by atoms with E-state index >= 15 is 0 Å². The molecule has 19 heavy (non-hydrogen) atoms. The molecule has 2 N–H and O–H groups in total. The minimum Gasteiger partial charge on any atom is -0.326 e. The van der Waals surface area contributed by atoms with Crippen LogP contribution in [0, 0.1) is 0 Å². The van der Waals surface area contributed by atoms with Crippen molar-refractivity contribution in [3.05, 3.63) is 34.9 Å². The van der Waals surface area contributed by atoms with E-state index in [1.807, 2.05) is 12.1 Å². The highest BCUT2D eigenvalue weighted by atomic mass is 35.5. The Balaban J connectivity index is 2.21. The van der Waals surface area contributed by atoms with Crippen LogP contribution in [0.15, 0.2) is 24.3 Å². The molecule has 2 nitrogen and oxygen atoms in total. The number of unbranched alkanes of at least 4 members (excludes halogenated alkanes) is 1. The molecule has 2 atom stereocenters. The van der Waals surface area contributed by atoms with E-state index in [1.54, 1.807) is 0 Å². The maximum atomic E-state index is 6.27. The third-order valence-electron chi connectivity index (χ3n) is 3.83. The van der Waals surface area contributed by atoms with Crippen molar-refractivity contribution in [1.82, 2.24) is 4.90 Å². The van der Waals surface area contributed by atoms with Crippen LogP contribution in [0.2, 0.25) is 5.02 Å². The van der Waals surface area contributed by atoms with Gasteiger partial charge in [-0.25, -0.2) is 0 Å². The molecule has 1 fully saturated rings. The van der Waals surface area contributed by atoms with E-state index in [1.165, 1.54) is 31.2 Å². The summed E-state index contributed by atoms with van der Waals surface area (Å²) in [6.07, 6.45) is 5.09. The minimum atomic E-state index is 0.121. The zero-order chi connectivity index (χ0) is 13.8. The van der Waals surface area contributed by atoms with E-state index in [2.05, 4.69) is 30.9 Å². The molecule has 2 unspecified atom stereocenters. The van der Waals surface area contributed by atoms with Gasteiger partial charge in [0.2, 0.25) is 0 Å². The van der Waals surface area contributed by atoms with Crippen molar-refractivity contribution < 1.29 is 0 Å². The molecule has 0 spiro atoms. The summed E-state index contributed by atoms with van der Waals surface area (Å²) in [6, 6.07) is 9.31. The molecule has 1 aliphatic rings. The second-order valence-electron chi connectivity index (χ2n) is 5.68. The van der Waals surface area contributed by atoms with E-state index in [-0.39, 0.29) is 12.1 Å². The van der Waals surface area contributed by atoms with Crippen LogP contribution in [0.3, 0.4) is 0 Å². The van der Waals surface area contributed by atoms with Crippen LogP contribution < -0.4 is 5.73 Å². The minimum absolute atomic E-state index is 0.121. The lowest BCUT2D eigenvalue weighted by molar-refractivity contribution is 0.164. The van der Waals surface area contributed by atoms with Crippen molar-refractivity contribution in [3.63, 3.8) is 0 Å². The smallest absolute Gasteiger partial charge is 0.0499 e. The molecular weight excluding hydrogens is 256 g/mol. The van der Waals surface area contributed by atoms with Gasteiger partial charge >= 0.3 is 0 Å². The molecule has 0 heterocycles. The topological polar surface area (TPSA) is 29.3 Å². The normalized spacial score (nSPS) is 18.6. The molecule has 1 saturated carbocycles. The predicted molar refractivity (Wildman–Crippen MR) is 82.5 cm³/mol. The van der Waals surface area contributed by atoms with Gasteiger partial charge in [0, 0.05) is 23.1 Å². The Morgan fingerprint density at radius 3 is 2.68 bits per heavy atom. The standard InChI is InChI=1S/C16H25ClN2/c1-3-4-10-19(15-8-9-15)16(12(2)18)13-6-5-7-14(17)11-13/h5-7,11-12,15-16H,3-4,8-10,18H2,1-2H3. The van der Waals surface area contributed by atoms with Crippen molar-refractivity contribution in [3.8, 4) is 0 Å². The first-order chi connectivity index (χ1) is 9.13. The maximum Gasteiger partial charge on any atom is 0.0499 e. The average Bonchev–Trinajstić information content (AvgIpc) is 3.18. The van der Waals surface area contributed by atoms with Gasteiger partial charge in [-0.3, -0.25) is 4.90 Å². The Hall–Kier alpha value is -0.570. The number of nitrogens with two attached hydrogens (primary N) is 1. The van der Waals surface area contributed by atoms with Gasteiger partial charge in [-0.2, -0.15) is 0 Å². The molecule has 1 aliphatic carbocycles. The van der Waals surface area contributed by atoms with Crippen molar-refractivity contribution in [2.45, 2.75) is 57.7 Å². The summed E-state index contributed by atoms with van der Waals surface area (Å²) < 4.78 is 0. The molecule has 0 radical (unpaired) electrons. The fourth-order valence-electron chi connectivity index (χ4n) is 2.78. The Kier molecular flexibility index (Phi) is 5.26. The molecule has 3 heteroatoms. The van der Waals surface area contributed by atoms with Crippen molar-refractivity contribution in [2.24, 2.45) is 5.73 Å². The van der Waals surface area contributed by atoms with Crippen LogP contribution in [0.4, 0.5) is 0 Å². The first-order valence-corrected chi connectivity index (χ1v) is 7.78. The van der Waals surface area contributed by atoms with Crippen LogP contribution >= 0.6 is 11.6 Å². The summed E-state index contributed by atoms with van der Waals surface area (Å²) in [7, 11) is 0. The number of halogens is 1. The summed E-state index contributed by atoms with van der Waals surface area (Å²) in [5.74, 6) is 0. The molecule has 0 aliphatic heterocycles. The Morgan fingerprint density at radius 2 is 2.16 bits per heavy atom. The Bertz CT molecular complexity index is 401. The summed E-state index contributed by atoms with van der Waals surface area (Å²) in [4.78, 5) is 2.60.